The van der Waals surface area contributed by atoms with Crippen LogP contribution in [0, 0.1) is 18.3 Å². The van der Waals surface area contributed by atoms with Crippen molar-refractivity contribution in [1.82, 2.24) is 0 Å². The Hall–Kier alpha value is -2.78. The molecule has 0 saturated heterocycles. The fraction of sp³-hybridized carbons (Fsp3) is 0.286. The predicted molar refractivity (Wildman–Crippen MR) is 105 cm³/mol. The van der Waals surface area contributed by atoms with Crippen LogP contribution in [0.1, 0.15) is 31.9 Å². The third kappa shape index (κ3) is 5.11. The molecule has 0 heterocycles. The van der Waals surface area contributed by atoms with Crippen molar-refractivity contribution in [2.24, 2.45) is 0 Å². The summed E-state index contributed by atoms with van der Waals surface area (Å²) in [6, 6.07) is 13.3. The summed E-state index contributed by atoms with van der Waals surface area (Å²) in [6.07, 6.45) is 1.32. The molecule has 0 aliphatic heterocycles. The van der Waals surface area contributed by atoms with E-state index >= 15 is 0 Å². The van der Waals surface area contributed by atoms with Gasteiger partial charge in [0.15, 0.2) is 11.5 Å². The first kappa shape index (κ1) is 20.5. The predicted octanol–water partition coefficient (Wildman–Crippen LogP) is 4.52. The van der Waals surface area contributed by atoms with E-state index in [1.54, 1.807) is 36.4 Å². The van der Waals surface area contributed by atoms with E-state index in [-0.39, 0.29) is 15.9 Å². The van der Waals surface area contributed by atoms with E-state index in [1.807, 2.05) is 27.7 Å². The van der Waals surface area contributed by atoms with Gasteiger partial charge in [0.25, 0.3) is 0 Å². The highest BCUT2D eigenvalue weighted by atomic mass is 32.2. The number of aryl methyl sites for hydroxylation is 1. The van der Waals surface area contributed by atoms with Gasteiger partial charge in [0.2, 0.25) is 9.84 Å². The van der Waals surface area contributed by atoms with E-state index in [9.17, 15) is 13.7 Å². The first-order chi connectivity index (χ1) is 12.8. The third-order valence-corrected chi connectivity index (χ3v) is 5.34. The minimum absolute atomic E-state index is 0.0258. The molecule has 0 saturated carbocycles. The molecule has 0 bridgehead atoms. The van der Waals surface area contributed by atoms with Crippen molar-refractivity contribution < 1.29 is 17.9 Å². The van der Waals surface area contributed by atoms with E-state index in [0.717, 1.165) is 5.56 Å². The van der Waals surface area contributed by atoms with E-state index in [1.165, 1.54) is 18.2 Å². The molecule has 5 nitrogen and oxygen atoms in total. The summed E-state index contributed by atoms with van der Waals surface area (Å²) < 4.78 is 36.8. The highest BCUT2D eigenvalue weighted by Crippen LogP contribution is 2.31. The van der Waals surface area contributed by atoms with Crippen LogP contribution < -0.4 is 9.47 Å². The lowest BCUT2D eigenvalue weighted by Gasteiger charge is -2.15. The standard InChI is InChI=1S/C21H23NO4S/c1-5-25-21-13-17(8-11-20(21)26-15(2)3)12-19(14-22)27(23,24)18-9-6-16(4)7-10-18/h6-13,15H,5H2,1-4H3. The van der Waals surface area contributed by atoms with Crippen LogP contribution >= 0.6 is 0 Å². The summed E-state index contributed by atoms with van der Waals surface area (Å²) in [7, 11) is -3.89. The molecule has 27 heavy (non-hydrogen) atoms. The lowest BCUT2D eigenvalue weighted by atomic mass is 10.2. The van der Waals surface area contributed by atoms with Gasteiger partial charge in [-0.3, -0.25) is 0 Å². The number of nitrogens with zero attached hydrogens (tertiary/aromatic N) is 1. The van der Waals surface area contributed by atoms with Gasteiger partial charge >= 0.3 is 0 Å². The topological polar surface area (TPSA) is 76.4 Å². The quantitative estimate of drug-likeness (QED) is 0.655. The van der Waals surface area contributed by atoms with Crippen LogP contribution in [0.3, 0.4) is 0 Å². The molecule has 142 valence electrons. The second kappa shape index (κ2) is 8.74. The number of nitriles is 1. The Morgan fingerprint density at radius 2 is 1.81 bits per heavy atom. The molecule has 0 N–H and O–H groups in total. The SMILES string of the molecule is CCOc1cc(C=C(C#N)S(=O)(=O)c2ccc(C)cc2)ccc1OC(C)C. The van der Waals surface area contributed by atoms with Gasteiger partial charge in [0.1, 0.15) is 11.0 Å². The number of hydrogen-bond donors (Lipinski definition) is 0. The third-order valence-electron chi connectivity index (χ3n) is 3.66. The molecule has 0 radical (unpaired) electrons. The maximum Gasteiger partial charge on any atom is 0.216 e. The zero-order valence-electron chi connectivity index (χ0n) is 15.9. The molecular formula is C21H23NO4S. The fourth-order valence-corrected chi connectivity index (χ4v) is 3.56. The lowest BCUT2D eigenvalue weighted by molar-refractivity contribution is 0.224. The van der Waals surface area contributed by atoms with E-state index < -0.39 is 9.84 Å². The molecule has 0 fully saturated rings. The van der Waals surface area contributed by atoms with Crippen molar-refractivity contribution in [2.75, 3.05) is 6.61 Å². The second-order valence-corrected chi connectivity index (χ2v) is 8.16. The molecule has 0 atom stereocenters. The van der Waals surface area contributed by atoms with Gasteiger partial charge in [-0.05, 0) is 63.6 Å². The monoisotopic (exact) mass is 385 g/mol. The Kier molecular flexibility index (Phi) is 6.65. The van der Waals surface area contributed by atoms with E-state index in [2.05, 4.69) is 0 Å². The molecule has 2 rings (SSSR count). The zero-order chi connectivity index (χ0) is 20.0. The van der Waals surface area contributed by atoms with Crippen LogP contribution in [-0.2, 0) is 9.84 Å². The number of allylic oxidation sites excluding steroid dienone is 1. The van der Waals surface area contributed by atoms with Gasteiger partial charge in [0.05, 0.1) is 17.6 Å². The minimum atomic E-state index is -3.89. The molecule has 0 unspecified atom stereocenters. The fourth-order valence-electron chi connectivity index (χ4n) is 2.40. The molecule has 0 amide bonds. The van der Waals surface area contributed by atoms with Gasteiger partial charge in [-0.2, -0.15) is 5.26 Å². The van der Waals surface area contributed by atoms with Gasteiger partial charge in [-0.15, -0.1) is 0 Å². The number of hydrogen-bond acceptors (Lipinski definition) is 5. The number of benzene rings is 2. The largest absolute Gasteiger partial charge is 0.490 e. The van der Waals surface area contributed by atoms with Gasteiger partial charge in [-0.1, -0.05) is 23.8 Å². The van der Waals surface area contributed by atoms with Crippen LogP contribution in [0.25, 0.3) is 6.08 Å². The van der Waals surface area contributed by atoms with Crippen molar-refractivity contribution in [2.45, 2.75) is 38.7 Å². The van der Waals surface area contributed by atoms with Crippen LogP contribution in [-0.4, -0.2) is 21.1 Å². The highest BCUT2D eigenvalue weighted by molar-refractivity contribution is 7.95. The van der Waals surface area contributed by atoms with Crippen LogP contribution in [0.4, 0.5) is 0 Å². The molecule has 2 aromatic carbocycles. The van der Waals surface area contributed by atoms with Crippen LogP contribution in [0.5, 0.6) is 11.5 Å². The van der Waals surface area contributed by atoms with Crippen molar-refractivity contribution in [3.05, 3.63) is 58.5 Å². The summed E-state index contributed by atoms with van der Waals surface area (Å²) in [4.78, 5) is -0.239. The molecule has 6 heteroatoms. The van der Waals surface area contributed by atoms with Crippen LogP contribution in [0.15, 0.2) is 52.3 Å². The Bertz CT molecular complexity index is 968. The van der Waals surface area contributed by atoms with Crippen molar-refractivity contribution in [3.63, 3.8) is 0 Å². The maximum atomic E-state index is 12.8. The second-order valence-electron chi connectivity index (χ2n) is 6.24. The Labute approximate surface area is 160 Å². The lowest BCUT2D eigenvalue weighted by Crippen LogP contribution is -2.07. The maximum absolute atomic E-state index is 12.8. The first-order valence-corrected chi connectivity index (χ1v) is 10.1. The Balaban J connectivity index is 2.46. The van der Waals surface area contributed by atoms with Gasteiger partial charge in [-0.25, -0.2) is 8.42 Å². The van der Waals surface area contributed by atoms with Gasteiger partial charge < -0.3 is 9.47 Å². The summed E-state index contributed by atoms with van der Waals surface area (Å²) in [5.41, 5.74) is 1.49. The molecule has 0 spiro atoms. The zero-order valence-corrected chi connectivity index (χ0v) is 16.7. The summed E-state index contributed by atoms with van der Waals surface area (Å²) in [6.45, 7) is 7.98. The molecule has 0 aromatic heterocycles. The summed E-state index contributed by atoms with van der Waals surface area (Å²) >= 11 is 0. The normalized spacial score (nSPS) is 11.9. The molecule has 0 aliphatic rings. The molecule has 2 aromatic rings. The number of sulfone groups is 1. The Morgan fingerprint density at radius 1 is 1.15 bits per heavy atom. The van der Waals surface area contributed by atoms with E-state index in [4.69, 9.17) is 9.47 Å². The van der Waals surface area contributed by atoms with Crippen molar-refractivity contribution in [3.8, 4) is 17.6 Å². The molecular weight excluding hydrogens is 362 g/mol. The summed E-state index contributed by atoms with van der Waals surface area (Å²) in [5.74, 6) is 1.08. The average Bonchev–Trinajstić information content (AvgIpc) is 2.61. The number of rotatable bonds is 7. The summed E-state index contributed by atoms with van der Waals surface area (Å²) in [5, 5.41) is 9.43. The average molecular weight is 385 g/mol. The minimum Gasteiger partial charge on any atom is -0.490 e. The van der Waals surface area contributed by atoms with Gasteiger partial charge in [0, 0.05) is 0 Å². The van der Waals surface area contributed by atoms with Crippen molar-refractivity contribution >= 4 is 15.9 Å². The first-order valence-electron chi connectivity index (χ1n) is 8.65. The highest BCUT2D eigenvalue weighted by Gasteiger charge is 2.21. The van der Waals surface area contributed by atoms with E-state index in [0.29, 0.717) is 23.7 Å². The van der Waals surface area contributed by atoms with Crippen LogP contribution in [0.2, 0.25) is 0 Å². The smallest absolute Gasteiger partial charge is 0.216 e. The number of ether oxygens (including phenoxy) is 2. The van der Waals surface area contributed by atoms with Crippen molar-refractivity contribution in [1.29, 1.82) is 5.26 Å². The molecule has 0 aliphatic carbocycles. The Morgan fingerprint density at radius 3 is 2.37 bits per heavy atom.